The van der Waals surface area contributed by atoms with Crippen LogP contribution in [0, 0.1) is 0 Å². The SMILES string of the molecule is O=Cc1nc(CCCCN2CCN(c3ccccn3)CC2)ccc1O. The fourth-order valence-corrected chi connectivity index (χ4v) is 3.12. The molecule has 3 heterocycles. The molecule has 0 radical (unpaired) electrons. The maximum Gasteiger partial charge on any atom is 0.172 e. The van der Waals surface area contributed by atoms with Crippen LogP contribution in [-0.4, -0.2) is 59.0 Å². The molecule has 1 aliphatic heterocycles. The van der Waals surface area contributed by atoms with Crippen LogP contribution in [0.3, 0.4) is 0 Å². The molecule has 0 spiro atoms. The highest BCUT2D eigenvalue weighted by atomic mass is 16.3. The van der Waals surface area contributed by atoms with Crippen molar-refractivity contribution in [2.24, 2.45) is 0 Å². The van der Waals surface area contributed by atoms with E-state index >= 15 is 0 Å². The molecule has 0 amide bonds. The van der Waals surface area contributed by atoms with Crippen molar-refractivity contribution in [1.29, 1.82) is 0 Å². The number of nitrogens with zero attached hydrogens (tertiary/aromatic N) is 4. The van der Waals surface area contributed by atoms with E-state index in [2.05, 4.69) is 25.8 Å². The number of aldehydes is 1. The third kappa shape index (κ3) is 4.76. The quantitative estimate of drug-likeness (QED) is 0.615. The van der Waals surface area contributed by atoms with Crippen LogP contribution in [0.4, 0.5) is 5.82 Å². The Morgan fingerprint density at radius 3 is 2.64 bits per heavy atom. The summed E-state index contributed by atoms with van der Waals surface area (Å²) >= 11 is 0. The Balaban J connectivity index is 1.37. The number of aromatic nitrogens is 2. The molecule has 0 aliphatic carbocycles. The zero-order valence-corrected chi connectivity index (χ0v) is 14.3. The summed E-state index contributed by atoms with van der Waals surface area (Å²) < 4.78 is 0. The zero-order valence-electron chi connectivity index (χ0n) is 14.3. The predicted molar refractivity (Wildman–Crippen MR) is 97.1 cm³/mol. The first-order valence-electron chi connectivity index (χ1n) is 8.78. The van der Waals surface area contributed by atoms with Crippen molar-refractivity contribution in [1.82, 2.24) is 14.9 Å². The lowest BCUT2D eigenvalue weighted by molar-refractivity contribution is 0.111. The average Bonchev–Trinajstić information content (AvgIpc) is 2.67. The molecule has 0 saturated carbocycles. The highest BCUT2D eigenvalue weighted by Crippen LogP contribution is 2.15. The van der Waals surface area contributed by atoms with E-state index in [-0.39, 0.29) is 11.4 Å². The Morgan fingerprint density at radius 2 is 1.92 bits per heavy atom. The first-order valence-corrected chi connectivity index (χ1v) is 8.78. The number of aromatic hydroxyl groups is 1. The molecule has 132 valence electrons. The predicted octanol–water partition coefficient (Wildman–Crippen LogP) is 2.14. The number of piperazine rings is 1. The number of unbranched alkanes of at least 4 members (excludes halogenated alkanes) is 1. The summed E-state index contributed by atoms with van der Waals surface area (Å²) in [6.07, 6.45) is 5.39. The maximum absolute atomic E-state index is 10.8. The van der Waals surface area contributed by atoms with Gasteiger partial charge in [0, 0.05) is 38.1 Å². The second kappa shape index (κ2) is 8.58. The van der Waals surface area contributed by atoms with E-state index < -0.39 is 0 Å². The molecule has 6 nitrogen and oxygen atoms in total. The molecule has 0 atom stereocenters. The lowest BCUT2D eigenvalue weighted by atomic mass is 10.1. The molecule has 0 aromatic carbocycles. The van der Waals surface area contributed by atoms with Crippen molar-refractivity contribution >= 4 is 12.1 Å². The van der Waals surface area contributed by atoms with Crippen LogP contribution >= 0.6 is 0 Å². The molecule has 25 heavy (non-hydrogen) atoms. The van der Waals surface area contributed by atoms with E-state index in [4.69, 9.17) is 0 Å². The van der Waals surface area contributed by atoms with Crippen molar-refractivity contribution in [3.05, 3.63) is 47.9 Å². The Kier molecular flexibility index (Phi) is 5.95. The molecule has 0 unspecified atom stereocenters. The van der Waals surface area contributed by atoms with Crippen LogP contribution in [0.2, 0.25) is 0 Å². The minimum Gasteiger partial charge on any atom is -0.506 e. The van der Waals surface area contributed by atoms with Gasteiger partial charge in [-0.15, -0.1) is 0 Å². The standard InChI is InChI=1S/C19H24N4O2/c24-15-17-18(25)8-7-16(21-17)5-2-4-10-22-11-13-23(14-12-22)19-6-1-3-9-20-19/h1,3,6-9,15,25H,2,4-5,10-14H2. The number of anilines is 1. The summed E-state index contributed by atoms with van der Waals surface area (Å²) in [6.45, 7) is 5.22. The second-order valence-corrected chi connectivity index (χ2v) is 6.30. The maximum atomic E-state index is 10.8. The van der Waals surface area contributed by atoms with Crippen molar-refractivity contribution in [2.45, 2.75) is 19.3 Å². The molecule has 2 aromatic rings. The summed E-state index contributed by atoms with van der Waals surface area (Å²) in [7, 11) is 0. The van der Waals surface area contributed by atoms with Crippen LogP contribution in [0.1, 0.15) is 29.0 Å². The third-order valence-electron chi connectivity index (χ3n) is 4.57. The molecule has 6 heteroatoms. The molecule has 3 rings (SSSR count). The van der Waals surface area contributed by atoms with E-state index in [1.54, 1.807) is 12.1 Å². The van der Waals surface area contributed by atoms with E-state index in [9.17, 15) is 9.90 Å². The van der Waals surface area contributed by atoms with Gasteiger partial charge in [0.15, 0.2) is 6.29 Å². The molecule has 1 N–H and O–H groups in total. The van der Waals surface area contributed by atoms with Crippen LogP contribution in [-0.2, 0) is 6.42 Å². The molecule has 2 aromatic heterocycles. The summed E-state index contributed by atoms with van der Waals surface area (Å²) in [6, 6.07) is 9.37. The van der Waals surface area contributed by atoms with Gasteiger partial charge >= 0.3 is 0 Å². The number of aryl methyl sites for hydroxylation is 1. The van der Waals surface area contributed by atoms with Crippen LogP contribution in [0.25, 0.3) is 0 Å². The zero-order chi connectivity index (χ0) is 17.5. The van der Waals surface area contributed by atoms with Crippen molar-refractivity contribution < 1.29 is 9.90 Å². The highest BCUT2D eigenvalue weighted by Gasteiger charge is 2.17. The molecule has 1 aliphatic rings. The van der Waals surface area contributed by atoms with Gasteiger partial charge in [0.1, 0.15) is 17.3 Å². The Morgan fingerprint density at radius 1 is 1.08 bits per heavy atom. The summed E-state index contributed by atoms with van der Waals surface area (Å²) in [5.41, 5.74) is 0.989. The van der Waals surface area contributed by atoms with E-state index in [1.165, 1.54) is 0 Å². The van der Waals surface area contributed by atoms with Crippen LogP contribution in [0.5, 0.6) is 5.75 Å². The lowest BCUT2D eigenvalue weighted by Crippen LogP contribution is -2.46. The molecule has 1 fully saturated rings. The number of carbonyl (C=O) groups excluding carboxylic acids is 1. The smallest absolute Gasteiger partial charge is 0.172 e. The number of rotatable bonds is 7. The van der Waals surface area contributed by atoms with Gasteiger partial charge in [-0.05, 0) is 50.1 Å². The second-order valence-electron chi connectivity index (χ2n) is 6.30. The first kappa shape index (κ1) is 17.4. The molecule has 1 saturated heterocycles. The van der Waals surface area contributed by atoms with Gasteiger partial charge < -0.3 is 10.0 Å². The fraction of sp³-hybridized carbons (Fsp3) is 0.421. The lowest BCUT2D eigenvalue weighted by Gasteiger charge is -2.35. The fourth-order valence-electron chi connectivity index (χ4n) is 3.12. The minimum atomic E-state index is -0.0514. The van der Waals surface area contributed by atoms with Gasteiger partial charge in [-0.25, -0.2) is 9.97 Å². The first-order chi connectivity index (χ1) is 12.3. The number of carbonyl (C=O) groups is 1. The minimum absolute atomic E-state index is 0.0514. The number of pyridine rings is 2. The van der Waals surface area contributed by atoms with Gasteiger partial charge in [0.05, 0.1) is 0 Å². The van der Waals surface area contributed by atoms with Gasteiger partial charge in [-0.1, -0.05) is 6.07 Å². The summed E-state index contributed by atoms with van der Waals surface area (Å²) in [4.78, 5) is 24.2. The van der Waals surface area contributed by atoms with Gasteiger partial charge in [-0.2, -0.15) is 0 Å². The van der Waals surface area contributed by atoms with Gasteiger partial charge in [0.2, 0.25) is 0 Å². The van der Waals surface area contributed by atoms with Gasteiger partial charge in [-0.3, -0.25) is 9.69 Å². The van der Waals surface area contributed by atoms with E-state index in [0.717, 1.165) is 63.5 Å². The number of hydrogen-bond donors (Lipinski definition) is 1. The topological polar surface area (TPSA) is 69.6 Å². The number of hydrogen-bond acceptors (Lipinski definition) is 6. The Bertz CT molecular complexity index is 685. The Labute approximate surface area is 148 Å². The normalized spacial score (nSPS) is 15.3. The largest absolute Gasteiger partial charge is 0.506 e. The van der Waals surface area contributed by atoms with Crippen molar-refractivity contribution in [3.8, 4) is 5.75 Å². The summed E-state index contributed by atoms with van der Waals surface area (Å²) in [5, 5.41) is 9.47. The highest BCUT2D eigenvalue weighted by molar-refractivity contribution is 5.75. The van der Waals surface area contributed by atoms with Gasteiger partial charge in [0.25, 0.3) is 0 Å². The van der Waals surface area contributed by atoms with Crippen molar-refractivity contribution in [2.75, 3.05) is 37.6 Å². The average molecular weight is 340 g/mol. The molecular weight excluding hydrogens is 316 g/mol. The van der Waals surface area contributed by atoms with E-state index in [1.807, 2.05) is 18.3 Å². The van der Waals surface area contributed by atoms with Crippen LogP contribution < -0.4 is 4.90 Å². The van der Waals surface area contributed by atoms with E-state index in [0.29, 0.717) is 6.29 Å². The Hall–Kier alpha value is -2.47. The third-order valence-corrected chi connectivity index (χ3v) is 4.57. The van der Waals surface area contributed by atoms with Crippen LogP contribution in [0.15, 0.2) is 36.5 Å². The summed E-state index contributed by atoms with van der Waals surface area (Å²) in [5.74, 6) is 1.01. The molecular formula is C19H24N4O2. The monoisotopic (exact) mass is 340 g/mol. The van der Waals surface area contributed by atoms with Crippen molar-refractivity contribution in [3.63, 3.8) is 0 Å². The molecule has 0 bridgehead atoms.